The minimum Gasteiger partial charge on any atom is -0.467 e. The van der Waals surface area contributed by atoms with Crippen molar-refractivity contribution in [3.05, 3.63) is 57.4 Å². The number of hydrogen-bond donors (Lipinski definition) is 1. The number of furan rings is 1. The highest BCUT2D eigenvalue weighted by Gasteiger charge is 2.17. The summed E-state index contributed by atoms with van der Waals surface area (Å²) in [6.07, 6.45) is 1.66. The Morgan fingerprint density at radius 2 is 2.19 bits per heavy atom. The second-order valence-electron chi connectivity index (χ2n) is 3.40. The molecule has 2 nitrogen and oxygen atoms in total. The Bertz CT molecular complexity index is 470. The van der Waals surface area contributed by atoms with Crippen LogP contribution in [-0.4, -0.2) is 7.05 Å². The van der Waals surface area contributed by atoms with Gasteiger partial charge in [0.15, 0.2) is 0 Å². The van der Waals surface area contributed by atoms with E-state index in [1.165, 1.54) is 0 Å². The molecular weight excluding hydrogens is 289 g/mol. The lowest BCUT2D eigenvalue weighted by Gasteiger charge is -2.15. The average molecular weight is 301 g/mol. The van der Waals surface area contributed by atoms with Crippen LogP contribution in [0.5, 0.6) is 0 Å². The van der Waals surface area contributed by atoms with E-state index in [1.807, 2.05) is 37.4 Å². The van der Waals surface area contributed by atoms with Gasteiger partial charge in [0.25, 0.3) is 0 Å². The molecule has 0 aliphatic rings. The lowest BCUT2D eigenvalue weighted by atomic mass is 10.0. The Balaban J connectivity index is 2.41. The molecule has 84 valence electrons. The number of hydrogen-bond acceptors (Lipinski definition) is 2. The number of nitrogens with one attached hydrogen (secondary N) is 1. The van der Waals surface area contributed by atoms with Crippen LogP contribution in [0.3, 0.4) is 0 Å². The van der Waals surface area contributed by atoms with Crippen LogP contribution >= 0.6 is 27.5 Å². The molecule has 1 heterocycles. The molecule has 0 amide bonds. The van der Waals surface area contributed by atoms with Crippen LogP contribution in [0.2, 0.25) is 5.02 Å². The molecule has 1 N–H and O–H groups in total. The van der Waals surface area contributed by atoms with E-state index in [-0.39, 0.29) is 6.04 Å². The second-order valence-corrected chi connectivity index (χ2v) is 4.73. The molecular formula is C12H11BrClNO. The fraction of sp³-hybridized carbons (Fsp3) is 0.167. The van der Waals surface area contributed by atoms with Crippen LogP contribution in [-0.2, 0) is 0 Å². The van der Waals surface area contributed by atoms with Crippen molar-refractivity contribution in [2.24, 2.45) is 0 Å². The zero-order valence-corrected chi connectivity index (χ0v) is 11.0. The smallest absolute Gasteiger partial charge is 0.125 e. The third-order valence-corrected chi connectivity index (χ3v) is 3.21. The maximum absolute atomic E-state index is 6.21. The van der Waals surface area contributed by atoms with Gasteiger partial charge in [-0.3, -0.25) is 0 Å². The van der Waals surface area contributed by atoms with Crippen molar-refractivity contribution < 1.29 is 4.42 Å². The van der Waals surface area contributed by atoms with Gasteiger partial charge in [0.05, 0.1) is 12.3 Å². The Hall–Kier alpha value is -0.770. The number of benzene rings is 1. The van der Waals surface area contributed by atoms with E-state index in [9.17, 15) is 0 Å². The largest absolute Gasteiger partial charge is 0.467 e. The Labute approximate surface area is 108 Å². The third kappa shape index (κ3) is 2.32. The van der Waals surface area contributed by atoms with Gasteiger partial charge in [0.1, 0.15) is 5.76 Å². The van der Waals surface area contributed by atoms with Crippen molar-refractivity contribution in [1.29, 1.82) is 0 Å². The molecule has 0 aliphatic carbocycles. The molecule has 1 aromatic carbocycles. The van der Waals surface area contributed by atoms with Crippen molar-refractivity contribution in [2.75, 3.05) is 7.05 Å². The van der Waals surface area contributed by atoms with Crippen LogP contribution in [0.1, 0.15) is 17.4 Å². The molecule has 0 radical (unpaired) electrons. The first-order valence-electron chi connectivity index (χ1n) is 4.88. The van der Waals surface area contributed by atoms with Crippen LogP contribution in [0.25, 0.3) is 0 Å². The average Bonchev–Trinajstić information content (AvgIpc) is 2.75. The van der Waals surface area contributed by atoms with Gasteiger partial charge in [0, 0.05) is 9.50 Å². The summed E-state index contributed by atoms with van der Waals surface area (Å²) in [5, 5.41) is 3.90. The normalized spacial score (nSPS) is 12.7. The van der Waals surface area contributed by atoms with Gasteiger partial charge in [-0.15, -0.1) is 0 Å². The Kier molecular flexibility index (Phi) is 3.69. The standard InChI is InChI=1S/C12H11BrClNO/c1-15-12(11-3-2-6-16-11)9-5-4-8(13)7-10(9)14/h2-7,12,15H,1H3. The quantitative estimate of drug-likeness (QED) is 0.926. The van der Waals surface area contributed by atoms with E-state index in [1.54, 1.807) is 6.26 Å². The van der Waals surface area contributed by atoms with Crippen molar-refractivity contribution in [3.8, 4) is 0 Å². The van der Waals surface area contributed by atoms with Gasteiger partial charge < -0.3 is 9.73 Å². The predicted octanol–water partition coefficient (Wildman–Crippen LogP) is 4.00. The van der Waals surface area contributed by atoms with Gasteiger partial charge in [-0.2, -0.15) is 0 Å². The maximum atomic E-state index is 6.21. The lowest BCUT2D eigenvalue weighted by Crippen LogP contribution is -2.17. The van der Waals surface area contributed by atoms with E-state index >= 15 is 0 Å². The van der Waals surface area contributed by atoms with Crippen LogP contribution in [0, 0.1) is 0 Å². The highest BCUT2D eigenvalue weighted by atomic mass is 79.9. The molecule has 0 aliphatic heterocycles. The summed E-state index contributed by atoms with van der Waals surface area (Å²) in [6, 6.07) is 9.61. The Morgan fingerprint density at radius 3 is 2.75 bits per heavy atom. The molecule has 0 fully saturated rings. The Morgan fingerprint density at radius 1 is 1.38 bits per heavy atom. The third-order valence-electron chi connectivity index (χ3n) is 2.39. The molecule has 16 heavy (non-hydrogen) atoms. The van der Waals surface area contributed by atoms with Crippen LogP contribution < -0.4 is 5.32 Å². The summed E-state index contributed by atoms with van der Waals surface area (Å²) in [5.74, 6) is 0.853. The van der Waals surface area contributed by atoms with E-state index in [0.717, 1.165) is 15.8 Å². The van der Waals surface area contributed by atoms with Gasteiger partial charge in [-0.1, -0.05) is 33.6 Å². The SMILES string of the molecule is CNC(c1ccco1)c1ccc(Br)cc1Cl. The van der Waals surface area contributed by atoms with Gasteiger partial charge in [-0.05, 0) is 36.9 Å². The molecule has 0 saturated carbocycles. The minimum atomic E-state index is -0.0180. The second kappa shape index (κ2) is 5.04. The lowest BCUT2D eigenvalue weighted by molar-refractivity contribution is 0.463. The molecule has 0 saturated heterocycles. The summed E-state index contributed by atoms with van der Waals surface area (Å²) in [7, 11) is 1.88. The first-order chi connectivity index (χ1) is 7.72. The summed E-state index contributed by atoms with van der Waals surface area (Å²) >= 11 is 9.60. The van der Waals surface area contributed by atoms with Gasteiger partial charge >= 0.3 is 0 Å². The molecule has 4 heteroatoms. The minimum absolute atomic E-state index is 0.0180. The van der Waals surface area contributed by atoms with Crippen LogP contribution in [0.4, 0.5) is 0 Å². The van der Waals surface area contributed by atoms with E-state index in [4.69, 9.17) is 16.0 Å². The highest BCUT2D eigenvalue weighted by Crippen LogP contribution is 2.30. The van der Waals surface area contributed by atoms with Gasteiger partial charge in [-0.25, -0.2) is 0 Å². The van der Waals surface area contributed by atoms with Crippen molar-refractivity contribution >= 4 is 27.5 Å². The molecule has 1 unspecified atom stereocenters. The fourth-order valence-corrected chi connectivity index (χ4v) is 2.42. The fourth-order valence-electron chi connectivity index (χ4n) is 1.64. The van der Waals surface area contributed by atoms with Crippen LogP contribution in [0.15, 0.2) is 45.5 Å². The first kappa shape index (κ1) is 11.7. The zero-order chi connectivity index (χ0) is 11.5. The summed E-state index contributed by atoms with van der Waals surface area (Å²) in [6.45, 7) is 0. The molecule has 1 atom stereocenters. The predicted molar refractivity (Wildman–Crippen MR) is 68.8 cm³/mol. The molecule has 0 bridgehead atoms. The van der Waals surface area contributed by atoms with E-state index in [2.05, 4.69) is 21.2 Å². The van der Waals surface area contributed by atoms with E-state index in [0.29, 0.717) is 5.02 Å². The molecule has 2 aromatic rings. The molecule has 0 spiro atoms. The van der Waals surface area contributed by atoms with Crippen molar-refractivity contribution in [3.63, 3.8) is 0 Å². The molecule has 2 rings (SSSR count). The number of rotatable bonds is 3. The van der Waals surface area contributed by atoms with Crippen molar-refractivity contribution in [2.45, 2.75) is 6.04 Å². The topological polar surface area (TPSA) is 25.2 Å². The highest BCUT2D eigenvalue weighted by molar-refractivity contribution is 9.10. The summed E-state index contributed by atoms with van der Waals surface area (Å²) < 4.78 is 6.36. The maximum Gasteiger partial charge on any atom is 0.125 e. The molecule has 1 aromatic heterocycles. The number of halogens is 2. The zero-order valence-electron chi connectivity index (χ0n) is 8.71. The first-order valence-corrected chi connectivity index (χ1v) is 6.05. The van der Waals surface area contributed by atoms with Crippen molar-refractivity contribution in [1.82, 2.24) is 5.32 Å². The summed E-state index contributed by atoms with van der Waals surface area (Å²) in [4.78, 5) is 0. The monoisotopic (exact) mass is 299 g/mol. The van der Waals surface area contributed by atoms with E-state index < -0.39 is 0 Å². The van der Waals surface area contributed by atoms with Gasteiger partial charge in [0.2, 0.25) is 0 Å². The summed E-state index contributed by atoms with van der Waals surface area (Å²) in [5.41, 5.74) is 1.00.